The van der Waals surface area contributed by atoms with Crippen molar-refractivity contribution in [2.75, 3.05) is 27.3 Å². The van der Waals surface area contributed by atoms with Crippen molar-refractivity contribution < 1.29 is 22.0 Å². The molecule has 0 amide bonds. The molecule has 2 heterocycles. The van der Waals surface area contributed by atoms with Gasteiger partial charge in [-0.3, -0.25) is 0 Å². The van der Waals surface area contributed by atoms with Gasteiger partial charge in [-0.05, 0) is 48.7 Å². The van der Waals surface area contributed by atoms with E-state index in [2.05, 4.69) is 10.2 Å². The highest BCUT2D eigenvalue weighted by Crippen LogP contribution is 2.41. The SMILES string of the molecule is CN(C)S(=O)(=O)c1cccc(-c2nnc(C3(c4cccc(F)c4)CCOCC3)o2)c1. The Labute approximate surface area is 174 Å². The monoisotopic (exact) mass is 431 g/mol. The Morgan fingerprint density at radius 2 is 1.77 bits per heavy atom. The Kier molecular flexibility index (Phi) is 5.44. The molecule has 0 spiro atoms. The van der Waals surface area contributed by atoms with E-state index in [4.69, 9.17) is 9.15 Å². The highest BCUT2D eigenvalue weighted by atomic mass is 32.2. The first kappa shape index (κ1) is 20.6. The summed E-state index contributed by atoms with van der Waals surface area (Å²) in [5.74, 6) is 0.245. The normalized spacial score (nSPS) is 16.7. The molecule has 4 rings (SSSR count). The lowest BCUT2D eigenvalue weighted by molar-refractivity contribution is 0.0545. The Balaban J connectivity index is 1.76. The largest absolute Gasteiger partial charge is 0.420 e. The van der Waals surface area contributed by atoms with Gasteiger partial charge in [0.1, 0.15) is 5.82 Å². The third kappa shape index (κ3) is 3.64. The van der Waals surface area contributed by atoms with E-state index in [9.17, 15) is 12.8 Å². The predicted octanol–water partition coefficient (Wildman–Crippen LogP) is 3.22. The Morgan fingerprint density at radius 3 is 2.47 bits per heavy atom. The maximum atomic E-state index is 13.9. The predicted molar refractivity (Wildman–Crippen MR) is 108 cm³/mol. The average molecular weight is 431 g/mol. The van der Waals surface area contributed by atoms with Crippen LogP contribution < -0.4 is 0 Å². The zero-order valence-corrected chi connectivity index (χ0v) is 17.5. The number of ether oxygens (including phenoxy) is 1. The van der Waals surface area contributed by atoms with Gasteiger partial charge in [-0.15, -0.1) is 10.2 Å². The first-order valence-electron chi connectivity index (χ1n) is 9.54. The van der Waals surface area contributed by atoms with Crippen LogP contribution in [0, 0.1) is 5.82 Å². The van der Waals surface area contributed by atoms with Gasteiger partial charge in [0.25, 0.3) is 0 Å². The van der Waals surface area contributed by atoms with Crippen molar-refractivity contribution in [1.82, 2.24) is 14.5 Å². The first-order valence-corrected chi connectivity index (χ1v) is 11.0. The maximum Gasteiger partial charge on any atom is 0.247 e. The van der Waals surface area contributed by atoms with Crippen LogP contribution in [0.5, 0.6) is 0 Å². The molecule has 7 nitrogen and oxygen atoms in total. The number of hydrogen-bond donors (Lipinski definition) is 0. The summed E-state index contributed by atoms with van der Waals surface area (Å²) in [6.07, 6.45) is 1.15. The van der Waals surface area contributed by atoms with Crippen LogP contribution in [-0.4, -0.2) is 50.2 Å². The minimum atomic E-state index is -3.60. The standard InChI is InChI=1S/C21H22FN3O4S/c1-25(2)30(26,27)18-8-3-5-15(13-18)19-23-24-20(29-19)21(9-11-28-12-10-21)16-6-4-7-17(22)14-16/h3-8,13-14H,9-12H2,1-2H3. The van der Waals surface area contributed by atoms with E-state index < -0.39 is 15.4 Å². The van der Waals surface area contributed by atoms with E-state index in [0.717, 1.165) is 9.87 Å². The average Bonchev–Trinajstić information content (AvgIpc) is 3.25. The Hall–Kier alpha value is -2.62. The molecule has 0 bridgehead atoms. The highest BCUT2D eigenvalue weighted by molar-refractivity contribution is 7.89. The van der Waals surface area contributed by atoms with E-state index in [-0.39, 0.29) is 16.6 Å². The van der Waals surface area contributed by atoms with Gasteiger partial charge in [0, 0.05) is 32.9 Å². The van der Waals surface area contributed by atoms with E-state index in [1.807, 2.05) is 6.07 Å². The van der Waals surface area contributed by atoms with Crippen LogP contribution in [0.1, 0.15) is 24.3 Å². The van der Waals surface area contributed by atoms with Gasteiger partial charge in [-0.1, -0.05) is 18.2 Å². The number of hydrogen-bond acceptors (Lipinski definition) is 6. The second kappa shape index (κ2) is 7.90. The van der Waals surface area contributed by atoms with Gasteiger partial charge in [0.05, 0.1) is 10.3 Å². The number of aromatic nitrogens is 2. The molecule has 0 atom stereocenters. The molecule has 30 heavy (non-hydrogen) atoms. The fourth-order valence-electron chi connectivity index (χ4n) is 3.67. The van der Waals surface area contributed by atoms with E-state index in [1.54, 1.807) is 18.2 Å². The van der Waals surface area contributed by atoms with Crippen molar-refractivity contribution in [2.24, 2.45) is 0 Å². The molecule has 0 saturated carbocycles. The van der Waals surface area contributed by atoms with Crippen LogP contribution in [-0.2, 0) is 20.2 Å². The lowest BCUT2D eigenvalue weighted by atomic mass is 9.74. The van der Waals surface area contributed by atoms with Gasteiger partial charge in [0.2, 0.25) is 21.8 Å². The Bertz CT molecular complexity index is 1150. The maximum absolute atomic E-state index is 13.9. The van der Waals surface area contributed by atoms with E-state index in [0.29, 0.717) is 37.5 Å². The van der Waals surface area contributed by atoms with Gasteiger partial charge < -0.3 is 9.15 Å². The third-order valence-corrected chi connectivity index (χ3v) is 7.23. The van der Waals surface area contributed by atoms with Crippen LogP contribution in [0.15, 0.2) is 57.8 Å². The fraction of sp³-hybridized carbons (Fsp3) is 0.333. The van der Waals surface area contributed by atoms with Crippen molar-refractivity contribution in [3.63, 3.8) is 0 Å². The highest BCUT2D eigenvalue weighted by Gasteiger charge is 2.41. The van der Waals surface area contributed by atoms with Gasteiger partial charge in [-0.2, -0.15) is 0 Å². The first-order chi connectivity index (χ1) is 14.3. The van der Waals surface area contributed by atoms with Crippen molar-refractivity contribution in [1.29, 1.82) is 0 Å². The smallest absolute Gasteiger partial charge is 0.247 e. The van der Waals surface area contributed by atoms with Crippen LogP contribution in [0.3, 0.4) is 0 Å². The lowest BCUT2D eigenvalue weighted by Crippen LogP contribution is -2.35. The summed E-state index contributed by atoms with van der Waals surface area (Å²) in [7, 11) is -0.650. The fourth-order valence-corrected chi connectivity index (χ4v) is 4.61. The van der Waals surface area contributed by atoms with Gasteiger partial charge in [0.15, 0.2) is 0 Å². The molecule has 0 aliphatic carbocycles. The quantitative estimate of drug-likeness (QED) is 0.617. The minimum absolute atomic E-state index is 0.135. The van der Waals surface area contributed by atoms with Crippen LogP contribution in [0.2, 0.25) is 0 Å². The summed E-state index contributed by atoms with van der Waals surface area (Å²) in [5.41, 5.74) is 0.599. The van der Waals surface area contributed by atoms with Crippen molar-refractivity contribution in [3.05, 3.63) is 65.8 Å². The summed E-state index contributed by atoms with van der Waals surface area (Å²) in [4.78, 5) is 0.135. The molecule has 0 N–H and O–H groups in total. The molecule has 1 fully saturated rings. The van der Waals surface area contributed by atoms with E-state index >= 15 is 0 Å². The summed E-state index contributed by atoms with van der Waals surface area (Å²) >= 11 is 0. The van der Waals surface area contributed by atoms with Crippen LogP contribution in [0.4, 0.5) is 4.39 Å². The molecule has 0 radical (unpaired) electrons. The molecule has 1 aliphatic rings. The molecular formula is C21H22FN3O4S. The van der Waals surface area contributed by atoms with E-state index in [1.165, 1.54) is 38.4 Å². The molecule has 1 aliphatic heterocycles. The molecule has 158 valence electrons. The van der Waals surface area contributed by atoms with Crippen molar-refractivity contribution in [2.45, 2.75) is 23.2 Å². The van der Waals surface area contributed by atoms with Crippen molar-refractivity contribution in [3.8, 4) is 11.5 Å². The summed E-state index contributed by atoms with van der Waals surface area (Å²) in [6.45, 7) is 0.982. The molecule has 1 saturated heterocycles. The second-order valence-corrected chi connectivity index (χ2v) is 9.58. The summed E-state index contributed by atoms with van der Waals surface area (Å²) < 4.78 is 51.5. The molecule has 1 aromatic heterocycles. The molecule has 9 heteroatoms. The van der Waals surface area contributed by atoms with Crippen LogP contribution in [0.25, 0.3) is 11.5 Å². The molecule has 0 unspecified atom stereocenters. The lowest BCUT2D eigenvalue weighted by Gasteiger charge is -2.34. The zero-order chi connectivity index (χ0) is 21.4. The van der Waals surface area contributed by atoms with Gasteiger partial charge >= 0.3 is 0 Å². The Morgan fingerprint density at radius 1 is 1.03 bits per heavy atom. The van der Waals surface area contributed by atoms with Crippen LogP contribution >= 0.6 is 0 Å². The number of benzene rings is 2. The minimum Gasteiger partial charge on any atom is -0.420 e. The molecular weight excluding hydrogens is 409 g/mol. The third-order valence-electron chi connectivity index (χ3n) is 5.42. The second-order valence-electron chi connectivity index (χ2n) is 7.43. The number of rotatable bonds is 5. The number of nitrogens with zero attached hydrogens (tertiary/aromatic N) is 3. The summed E-state index contributed by atoms with van der Waals surface area (Å²) in [5, 5.41) is 8.43. The number of sulfonamides is 1. The zero-order valence-electron chi connectivity index (χ0n) is 16.7. The summed E-state index contributed by atoms with van der Waals surface area (Å²) in [6, 6.07) is 12.8. The van der Waals surface area contributed by atoms with Gasteiger partial charge in [-0.25, -0.2) is 17.1 Å². The molecule has 3 aromatic rings. The van der Waals surface area contributed by atoms with Crippen molar-refractivity contribution >= 4 is 10.0 Å². The number of halogens is 1. The topological polar surface area (TPSA) is 85.5 Å². The molecule has 2 aromatic carbocycles.